The molecule has 0 radical (unpaired) electrons. The molecule has 1 heterocycles. The summed E-state index contributed by atoms with van der Waals surface area (Å²) in [5, 5.41) is 14.1. The van der Waals surface area contributed by atoms with E-state index in [1.165, 1.54) is 10.4 Å². The van der Waals surface area contributed by atoms with E-state index >= 15 is 0 Å². The lowest BCUT2D eigenvalue weighted by molar-refractivity contribution is -0.385. The highest BCUT2D eigenvalue weighted by molar-refractivity contribution is 7.89. The van der Waals surface area contributed by atoms with Crippen LogP contribution in [-0.2, 0) is 10.0 Å². The average Bonchev–Trinajstić information content (AvgIpc) is 2.41. The van der Waals surface area contributed by atoms with Crippen molar-refractivity contribution < 1.29 is 13.3 Å². The molecule has 21 heavy (non-hydrogen) atoms. The Balaban J connectivity index is 2.51. The molecular formula is C13H19N3O4S. The highest BCUT2D eigenvalue weighted by Crippen LogP contribution is 2.28. The Morgan fingerprint density at radius 2 is 2.05 bits per heavy atom. The molecule has 1 atom stereocenters. The number of non-ortho nitro benzene ring substituents is 1. The van der Waals surface area contributed by atoms with Crippen LogP contribution in [0, 0.1) is 24.0 Å². The fraction of sp³-hybridized carbons (Fsp3) is 0.538. The third-order valence-corrected chi connectivity index (χ3v) is 5.76. The molecule has 0 bridgehead atoms. The van der Waals surface area contributed by atoms with Crippen molar-refractivity contribution in [1.82, 2.24) is 9.62 Å². The molecule has 1 aromatic rings. The Morgan fingerprint density at radius 3 is 2.62 bits per heavy atom. The number of piperazine rings is 1. The lowest BCUT2D eigenvalue weighted by Gasteiger charge is -2.31. The number of aryl methyl sites for hydroxylation is 1. The molecule has 1 aliphatic heterocycles. The topological polar surface area (TPSA) is 92.5 Å². The minimum Gasteiger partial charge on any atom is -0.312 e. The third-order valence-electron chi connectivity index (χ3n) is 3.76. The van der Waals surface area contributed by atoms with E-state index < -0.39 is 14.9 Å². The number of nitro groups is 1. The molecule has 0 aliphatic carbocycles. The second-order valence-corrected chi connectivity index (χ2v) is 7.27. The van der Waals surface area contributed by atoms with Crippen molar-refractivity contribution in [2.75, 3.05) is 19.6 Å². The van der Waals surface area contributed by atoms with Gasteiger partial charge in [0.2, 0.25) is 10.0 Å². The van der Waals surface area contributed by atoms with Crippen molar-refractivity contribution in [2.24, 2.45) is 0 Å². The molecule has 0 aromatic heterocycles. The summed E-state index contributed by atoms with van der Waals surface area (Å²) < 4.78 is 26.9. The summed E-state index contributed by atoms with van der Waals surface area (Å²) in [7, 11) is -3.72. The molecule has 8 heteroatoms. The number of nitro benzene ring substituents is 1. The molecule has 0 saturated carbocycles. The molecular weight excluding hydrogens is 294 g/mol. The zero-order valence-corrected chi connectivity index (χ0v) is 13.1. The van der Waals surface area contributed by atoms with Gasteiger partial charge in [0.1, 0.15) is 0 Å². The monoisotopic (exact) mass is 313 g/mol. The molecule has 0 spiro atoms. The summed E-state index contributed by atoms with van der Waals surface area (Å²) in [5.74, 6) is 0. The molecule has 2 rings (SSSR count). The van der Waals surface area contributed by atoms with Crippen molar-refractivity contribution in [3.8, 4) is 0 Å². The van der Waals surface area contributed by atoms with Gasteiger partial charge in [0.25, 0.3) is 5.69 Å². The Kier molecular flexibility index (Phi) is 4.31. The van der Waals surface area contributed by atoms with Crippen molar-refractivity contribution >= 4 is 15.7 Å². The Labute approximate surface area is 124 Å². The van der Waals surface area contributed by atoms with Gasteiger partial charge in [0.05, 0.1) is 9.82 Å². The zero-order chi connectivity index (χ0) is 15.8. The van der Waals surface area contributed by atoms with E-state index in [1.807, 2.05) is 6.92 Å². The average molecular weight is 313 g/mol. The van der Waals surface area contributed by atoms with Gasteiger partial charge in [-0.25, -0.2) is 8.42 Å². The summed E-state index contributed by atoms with van der Waals surface area (Å²) >= 11 is 0. The molecule has 1 saturated heterocycles. The van der Waals surface area contributed by atoms with Crippen LogP contribution < -0.4 is 5.32 Å². The molecule has 1 unspecified atom stereocenters. The maximum absolute atomic E-state index is 12.8. The van der Waals surface area contributed by atoms with Crippen LogP contribution in [-0.4, -0.2) is 43.3 Å². The standard InChI is InChI=1S/C13H19N3O4S/c1-9-6-12(16(17)18)7-13(11(9)3)21(19,20)15-5-4-14-10(2)8-15/h6-7,10,14H,4-5,8H2,1-3H3. The fourth-order valence-corrected chi connectivity index (χ4v) is 4.28. The van der Waals surface area contributed by atoms with Crippen LogP contribution in [0.2, 0.25) is 0 Å². The van der Waals surface area contributed by atoms with E-state index in [2.05, 4.69) is 5.32 Å². The van der Waals surface area contributed by atoms with Gasteiger partial charge in [0, 0.05) is 37.8 Å². The van der Waals surface area contributed by atoms with Gasteiger partial charge in [-0.2, -0.15) is 4.31 Å². The Bertz CT molecular complexity index is 672. The molecule has 1 N–H and O–H groups in total. The van der Waals surface area contributed by atoms with E-state index in [0.29, 0.717) is 30.8 Å². The number of nitrogens with zero attached hydrogens (tertiary/aromatic N) is 2. The maximum Gasteiger partial charge on any atom is 0.271 e. The predicted molar refractivity (Wildman–Crippen MR) is 78.8 cm³/mol. The highest BCUT2D eigenvalue weighted by Gasteiger charge is 2.31. The number of hydrogen-bond donors (Lipinski definition) is 1. The minimum absolute atomic E-state index is 0.0308. The number of hydrogen-bond acceptors (Lipinski definition) is 5. The van der Waals surface area contributed by atoms with Gasteiger partial charge in [-0.05, 0) is 31.9 Å². The first-order valence-corrected chi connectivity index (χ1v) is 8.16. The second-order valence-electron chi connectivity index (χ2n) is 5.36. The number of nitrogens with one attached hydrogen (secondary N) is 1. The number of rotatable bonds is 3. The Hall–Kier alpha value is -1.51. The van der Waals surface area contributed by atoms with E-state index in [0.717, 1.165) is 6.07 Å². The van der Waals surface area contributed by atoms with E-state index in [1.54, 1.807) is 13.8 Å². The first kappa shape index (κ1) is 15.9. The fourth-order valence-electron chi connectivity index (χ4n) is 2.44. The van der Waals surface area contributed by atoms with Gasteiger partial charge < -0.3 is 5.32 Å². The van der Waals surface area contributed by atoms with Crippen molar-refractivity contribution in [2.45, 2.75) is 31.7 Å². The quantitative estimate of drug-likeness (QED) is 0.668. The van der Waals surface area contributed by atoms with Crippen molar-refractivity contribution in [3.05, 3.63) is 33.4 Å². The largest absolute Gasteiger partial charge is 0.312 e. The van der Waals surface area contributed by atoms with Crippen LogP contribution in [0.1, 0.15) is 18.1 Å². The molecule has 7 nitrogen and oxygen atoms in total. The van der Waals surface area contributed by atoms with Gasteiger partial charge in [0.15, 0.2) is 0 Å². The third kappa shape index (κ3) is 3.07. The highest BCUT2D eigenvalue weighted by atomic mass is 32.2. The predicted octanol–water partition coefficient (Wildman–Crippen LogP) is 1.19. The van der Waals surface area contributed by atoms with Crippen LogP contribution in [0.15, 0.2) is 17.0 Å². The molecule has 1 aliphatic rings. The van der Waals surface area contributed by atoms with Crippen LogP contribution in [0.4, 0.5) is 5.69 Å². The lowest BCUT2D eigenvalue weighted by Crippen LogP contribution is -2.51. The maximum atomic E-state index is 12.8. The second kappa shape index (κ2) is 5.70. The normalized spacial score (nSPS) is 20.4. The lowest BCUT2D eigenvalue weighted by atomic mass is 10.1. The first-order valence-electron chi connectivity index (χ1n) is 6.72. The molecule has 1 fully saturated rings. The minimum atomic E-state index is -3.72. The van der Waals surface area contributed by atoms with Gasteiger partial charge in [-0.1, -0.05) is 0 Å². The Morgan fingerprint density at radius 1 is 1.38 bits per heavy atom. The summed E-state index contributed by atoms with van der Waals surface area (Å²) in [4.78, 5) is 10.4. The first-order chi connectivity index (χ1) is 9.73. The van der Waals surface area contributed by atoms with Crippen LogP contribution in [0.3, 0.4) is 0 Å². The molecule has 0 amide bonds. The number of sulfonamides is 1. The van der Waals surface area contributed by atoms with E-state index in [-0.39, 0.29) is 16.6 Å². The summed E-state index contributed by atoms with van der Waals surface area (Å²) in [5.41, 5.74) is 0.970. The van der Waals surface area contributed by atoms with E-state index in [9.17, 15) is 18.5 Å². The van der Waals surface area contributed by atoms with Crippen molar-refractivity contribution in [1.29, 1.82) is 0 Å². The van der Waals surface area contributed by atoms with Crippen LogP contribution >= 0.6 is 0 Å². The van der Waals surface area contributed by atoms with Crippen LogP contribution in [0.25, 0.3) is 0 Å². The van der Waals surface area contributed by atoms with Crippen molar-refractivity contribution in [3.63, 3.8) is 0 Å². The zero-order valence-electron chi connectivity index (χ0n) is 12.3. The summed E-state index contributed by atoms with van der Waals surface area (Å²) in [6.07, 6.45) is 0. The van der Waals surface area contributed by atoms with Gasteiger partial charge in [-0.15, -0.1) is 0 Å². The SMILES string of the molecule is Cc1cc([N+](=O)[O-])cc(S(=O)(=O)N2CCNC(C)C2)c1C. The van der Waals surface area contributed by atoms with E-state index in [4.69, 9.17) is 0 Å². The number of benzene rings is 1. The molecule has 116 valence electrons. The summed E-state index contributed by atoms with van der Waals surface area (Å²) in [6.45, 7) is 6.58. The van der Waals surface area contributed by atoms with Crippen LogP contribution in [0.5, 0.6) is 0 Å². The van der Waals surface area contributed by atoms with Gasteiger partial charge >= 0.3 is 0 Å². The summed E-state index contributed by atoms with van der Waals surface area (Å²) in [6, 6.07) is 2.62. The molecule has 1 aromatic carbocycles. The van der Waals surface area contributed by atoms with Gasteiger partial charge in [-0.3, -0.25) is 10.1 Å². The smallest absolute Gasteiger partial charge is 0.271 e.